The third-order valence-electron chi connectivity index (χ3n) is 5.35. The molecule has 3 aromatic heterocycles. The van der Waals surface area contributed by atoms with E-state index < -0.39 is 0 Å². The largest absolute Gasteiger partial charge is 0.497 e. The summed E-state index contributed by atoms with van der Waals surface area (Å²) in [7, 11) is 3.20. The molecule has 0 aliphatic heterocycles. The van der Waals surface area contributed by atoms with Gasteiger partial charge in [0.15, 0.2) is 0 Å². The summed E-state index contributed by atoms with van der Waals surface area (Å²) in [6.07, 6.45) is 4.67. The Morgan fingerprint density at radius 3 is 2.76 bits per heavy atom. The Hall–Kier alpha value is -4.66. The molecule has 0 radical (unpaired) electrons. The number of pyridine rings is 1. The van der Waals surface area contributed by atoms with E-state index in [4.69, 9.17) is 14.2 Å². The Morgan fingerprint density at radius 2 is 1.97 bits per heavy atom. The number of methoxy groups -OCH3 is 2. The summed E-state index contributed by atoms with van der Waals surface area (Å²) in [5.41, 5.74) is 3.03. The fourth-order valence-electron chi connectivity index (χ4n) is 3.64. The van der Waals surface area contributed by atoms with E-state index >= 15 is 0 Å². The van der Waals surface area contributed by atoms with Gasteiger partial charge in [-0.1, -0.05) is 6.07 Å². The molecular weight excluding hydrogens is 434 g/mol. The first-order valence-electron chi connectivity index (χ1n) is 10.5. The number of hydrogen-bond donors (Lipinski definition) is 1. The summed E-state index contributed by atoms with van der Waals surface area (Å²) in [4.78, 5) is 24.7. The summed E-state index contributed by atoms with van der Waals surface area (Å²) in [5.74, 6) is 1.90. The van der Waals surface area contributed by atoms with Crippen LogP contribution in [0.25, 0.3) is 21.9 Å². The van der Waals surface area contributed by atoms with E-state index in [9.17, 15) is 4.79 Å². The summed E-state index contributed by atoms with van der Waals surface area (Å²) < 4.78 is 17.6. The van der Waals surface area contributed by atoms with Gasteiger partial charge in [0.25, 0.3) is 5.56 Å². The summed E-state index contributed by atoms with van der Waals surface area (Å²) >= 11 is 0. The molecule has 0 amide bonds. The van der Waals surface area contributed by atoms with Crippen LogP contribution >= 0.6 is 0 Å². The van der Waals surface area contributed by atoms with Crippen molar-refractivity contribution in [2.24, 2.45) is 5.10 Å². The Morgan fingerprint density at radius 1 is 1.06 bits per heavy atom. The van der Waals surface area contributed by atoms with Crippen LogP contribution < -0.4 is 19.8 Å². The van der Waals surface area contributed by atoms with Gasteiger partial charge in [-0.2, -0.15) is 9.78 Å². The Kier molecular flexibility index (Phi) is 5.65. The molecule has 0 bridgehead atoms. The molecule has 0 saturated carbocycles. The second-order valence-corrected chi connectivity index (χ2v) is 7.43. The van der Waals surface area contributed by atoms with Gasteiger partial charge in [-0.05, 0) is 42.0 Å². The van der Waals surface area contributed by atoms with Crippen molar-refractivity contribution < 1.29 is 14.2 Å². The van der Waals surface area contributed by atoms with Gasteiger partial charge in [0.05, 0.1) is 26.0 Å². The number of rotatable bonds is 7. The molecule has 0 unspecified atom stereocenters. The van der Waals surface area contributed by atoms with E-state index in [1.807, 2.05) is 48.5 Å². The summed E-state index contributed by atoms with van der Waals surface area (Å²) in [5, 5.41) is 5.17. The normalized spacial score (nSPS) is 11.4. The molecule has 9 nitrogen and oxygen atoms in total. The molecule has 0 aliphatic carbocycles. The lowest BCUT2D eigenvalue weighted by Gasteiger charge is -2.10. The first kappa shape index (κ1) is 21.2. The van der Waals surface area contributed by atoms with E-state index in [0.717, 1.165) is 22.0 Å². The number of hydrogen-bond acceptors (Lipinski definition) is 7. The van der Waals surface area contributed by atoms with Crippen molar-refractivity contribution in [1.29, 1.82) is 0 Å². The minimum atomic E-state index is -0.302. The smallest absolute Gasteiger partial charge is 0.298 e. The second kappa shape index (κ2) is 9.07. The first-order chi connectivity index (χ1) is 16.7. The van der Waals surface area contributed by atoms with Crippen LogP contribution in [0.5, 0.6) is 17.4 Å². The molecule has 0 spiro atoms. The van der Waals surface area contributed by atoms with Crippen molar-refractivity contribution >= 4 is 28.2 Å². The Bertz CT molecular complexity index is 1560. The van der Waals surface area contributed by atoms with Crippen molar-refractivity contribution in [1.82, 2.24) is 19.6 Å². The summed E-state index contributed by atoms with van der Waals surface area (Å²) in [6, 6.07) is 16.6. The predicted octanol–water partition coefficient (Wildman–Crippen LogP) is 3.75. The monoisotopic (exact) mass is 455 g/mol. The maximum Gasteiger partial charge on any atom is 0.298 e. The van der Waals surface area contributed by atoms with E-state index in [-0.39, 0.29) is 12.2 Å². The van der Waals surface area contributed by atoms with E-state index in [1.165, 1.54) is 11.0 Å². The van der Waals surface area contributed by atoms with E-state index in [1.54, 1.807) is 32.7 Å². The number of H-pyrrole nitrogens is 1. The second-order valence-electron chi connectivity index (χ2n) is 7.43. The van der Waals surface area contributed by atoms with Gasteiger partial charge in [0.2, 0.25) is 5.88 Å². The zero-order chi connectivity index (χ0) is 23.5. The van der Waals surface area contributed by atoms with Gasteiger partial charge < -0.3 is 19.2 Å². The number of ether oxygens (including phenoxy) is 3. The number of nitrogens with zero attached hydrogens (tertiary/aromatic N) is 4. The van der Waals surface area contributed by atoms with Crippen LogP contribution in [-0.2, 0) is 6.61 Å². The van der Waals surface area contributed by atoms with Crippen LogP contribution in [0.2, 0.25) is 0 Å². The van der Waals surface area contributed by atoms with Crippen LogP contribution in [0, 0.1) is 0 Å². The minimum absolute atomic E-state index is 0.272. The minimum Gasteiger partial charge on any atom is -0.497 e. The molecule has 9 heteroatoms. The molecule has 0 saturated heterocycles. The standard InChI is InChI=1S/C25H21N5O4/c1-32-18-7-8-19-20(12-18)29-24-23(19)27-15-30(25(24)31)28-13-16-6-9-21(33-2)17(11-16)14-34-22-5-3-4-10-26-22/h3-13,15,29H,14H2,1-2H3/b28-13-. The van der Waals surface area contributed by atoms with Gasteiger partial charge in [-0.25, -0.2) is 9.97 Å². The quantitative estimate of drug-likeness (QED) is 0.375. The van der Waals surface area contributed by atoms with E-state index in [0.29, 0.717) is 28.4 Å². The highest BCUT2D eigenvalue weighted by Crippen LogP contribution is 2.25. The molecule has 170 valence electrons. The van der Waals surface area contributed by atoms with Crippen molar-refractivity contribution in [2.75, 3.05) is 14.2 Å². The highest BCUT2D eigenvalue weighted by molar-refractivity contribution is 6.04. The van der Waals surface area contributed by atoms with Crippen LogP contribution in [0.4, 0.5) is 0 Å². The van der Waals surface area contributed by atoms with E-state index in [2.05, 4.69) is 20.1 Å². The van der Waals surface area contributed by atoms with Crippen molar-refractivity contribution in [3.63, 3.8) is 0 Å². The molecule has 1 N–H and O–H groups in total. The molecular formula is C25H21N5O4. The van der Waals surface area contributed by atoms with Crippen molar-refractivity contribution in [3.8, 4) is 17.4 Å². The topological polar surface area (TPSA) is 104 Å². The molecule has 0 atom stereocenters. The lowest BCUT2D eigenvalue weighted by molar-refractivity contribution is 0.285. The van der Waals surface area contributed by atoms with Crippen LogP contribution in [0.3, 0.4) is 0 Å². The summed E-state index contributed by atoms with van der Waals surface area (Å²) in [6.45, 7) is 0.272. The highest BCUT2D eigenvalue weighted by Gasteiger charge is 2.11. The SMILES string of the molecule is COc1ccc2c(c1)[nH]c1c(=O)n(/N=C\c3ccc(OC)c(COc4ccccn4)c3)cnc12. The molecule has 3 heterocycles. The van der Waals surface area contributed by atoms with Gasteiger partial charge in [-0.3, -0.25) is 4.79 Å². The number of aromatic nitrogens is 4. The highest BCUT2D eigenvalue weighted by atomic mass is 16.5. The van der Waals surface area contributed by atoms with Crippen LogP contribution in [-0.4, -0.2) is 40.1 Å². The fourth-order valence-corrected chi connectivity index (χ4v) is 3.64. The molecule has 5 rings (SSSR count). The molecule has 0 aliphatic rings. The Balaban J connectivity index is 1.44. The maximum absolute atomic E-state index is 13.0. The fraction of sp³-hybridized carbons (Fsp3) is 0.120. The third-order valence-corrected chi connectivity index (χ3v) is 5.35. The van der Waals surface area contributed by atoms with Gasteiger partial charge in [0, 0.05) is 29.3 Å². The molecule has 2 aromatic carbocycles. The van der Waals surface area contributed by atoms with Crippen molar-refractivity contribution in [2.45, 2.75) is 6.61 Å². The van der Waals surface area contributed by atoms with Gasteiger partial charge >= 0.3 is 0 Å². The van der Waals surface area contributed by atoms with Crippen molar-refractivity contribution in [3.05, 3.63) is 88.6 Å². The molecule has 0 fully saturated rings. The number of nitrogens with one attached hydrogen (secondary N) is 1. The maximum atomic E-state index is 13.0. The lowest BCUT2D eigenvalue weighted by atomic mass is 10.1. The van der Waals surface area contributed by atoms with Crippen LogP contribution in [0.1, 0.15) is 11.1 Å². The lowest BCUT2D eigenvalue weighted by Crippen LogP contribution is -2.17. The average Bonchev–Trinajstić information content (AvgIpc) is 3.26. The van der Waals surface area contributed by atoms with Gasteiger partial charge in [0.1, 0.15) is 35.5 Å². The molecule has 5 aromatic rings. The van der Waals surface area contributed by atoms with Gasteiger partial charge in [-0.15, -0.1) is 0 Å². The Labute approximate surface area is 194 Å². The average molecular weight is 455 g/mol. The number of fused-ring (bicyclic) bond motifs is 3. The first-order valence-corrected chi connectivity index (χ1v) is 10.5. The zero-order valence-electron chi connectivity index (χ0n) is 18.6. The number of benzene rings is 2. The zero-order valence-corrected chi connectivity index (χ0v) is 18.6. The molecule has 34 heavy (non-hydrogen) atoms. The predicted molar refractivity (Wildman–Crippen MR) is 129 cm³/mol. The van der Waals surface area contributed by atoms with Crippen LogP contribution in [0.15, 0.2) is 77.0 Å². The number of aromatic amines is 1. The third kappa shape index (κ3) is 4.06.